The smallest absolute Gasteiger partial charge is 0.300 e. The molecule has 1 unspecified atom stereocenters. The van der Waals surface area contributed by atoms with Gasteiger partial charge in [-0.15, -0.1) is 0 Å². The van der Waals surface area contributed by atoms with Gasteiger partial charge >= 0.3 is 14.0 Å². The van der Waals surface area contributed by atoms with Gasteiger partial charge in [-0.05, 0) is 0 Å². The number of phosphoric acid groups is 1. The van der Waals surface area contributed by atoms with Gasteiger partial charge in [0.15, 0.2) is 12.4 Å². The number of Topliss-reactive ketones (excluding diaryl/α,β-unsaturated/α-hetero) is 1. The number of ketones is 1. The molecular formula is C6H8F3O6P. The quantitative estimate of drug-likeness (QED) is 0.406. The zero-order valence-electron chi connectivity index (χ0n) is 8.19. The number of carbonyl (C=O) groups is 2. The highest BCUT2D eigenvalue weighted by Gasteiger charge is 2.46. The van der Waals surface area contributed by atoms with Crippen LogP contribution in [-0.2, 0) is 27.7 Å². The maximum absolute atomic E-state index is 11.9. The van der Waals surface area contributed by atoms with Crippen molar-refractivity contribution in [2.45, 2.75) is 12.3 Å². The molecule has 0 bridgehead atoms. The summed E-state index contributed by atoms with van der Waals surface area (Å²) >= 11 is 0. The third-order valence-corrected chi connectivity index (χ3v) is 2.73. The van der Waals surface area contributed by atoms with Gasteiger partial charge in [0.1, 0.15) is 0 Å². The van der Waals surface area contributed by atoms with Crippen LogP contribution in [0.25, 0.3) is 0 Å². The molecule has 0 aliphatic carbocycles. The Hall–Kier alpha value is -0.760. The largest absolute Gasteiger partial charge is 0.475 e. The van der Waals surface area contributed by atoms with E-state index in [1.807, 2.05) is 0 Å². The molecule has 0 aliphatic heterocycles. The Morgan fingerprint density at radius 1 is 1.31 bits per heavy atom. The minimum absolute atomic E-state index is 0.444. The summed E-state index contributed by atoms with van der Waals surface area (Å²) < 4.78 is 59.2. The van der Waals surface area contributed by atoms with E-state index in [-0.39, 0.29) is 0 Å². The minimum atomic E-state index is -5.28. The van der Waals surface area contributed by atoms with Crippen molar-refractivity contribution in [2.24, 2.45) is 0 Å². The SMILES string of the molecule is COP(=O)(OC)OC(C=O)C(=O)C(F)(F)F. The molecule has 10 heteroatoms. The van der Waals surface area contributed by atoms with E-state index in [1.165, 1.54) is 0 Å². The lowest BCUT2D eigenvalue weighted by atomic mass is 10.2. The Kier molecular flexibility index (Phi) is 5.27. The van der Waals surface area contributed by atoms with Crippen LogP contribution in [0.4, 0.5) is 13.2 Å². The molecule has 0 spiro atoms. The summed E-state index contributed by atoms with van der Waals surface area (Å²) in [6, 6.07) is 0. The topological polar surface area (TPSA) is 78.9 Å². The maximum atomic E-state index is 11.9. The maximum Gasteiger partial charge on any atom is 0.475 e. The number of halogens is 3. The molecule has 0 fully saturated rings. The number of aldehydes is 1. The highest BCUT2D eigenvalue weighted by atomic mass is 31.2. The van der Waals surface area contributed by atoms with Crippen molar-refractivity contribution in [3.63, 3.8) is 0 Å². The first-order chi connectivity index (χ1) is 7.20. The number of rotatable bonds is 6. The molecule has 0 amide bonds. The first kappa shape index (κ1) is 15.2. The molecular weight excluding hydrogens is 256 g/mol. The lowest BCUT2D eigenvalue weighted by Crippen LogP contribution is -2.37. The fourth-order valence-corrected chi connectivity index (χ4v) is 1.34. The first-order valence-electron chi connectivity index (χ1n) is 3.66. The van der Waals surface area contributed by atoms with E-state index in [2.05, 4.69) is 13.6 Å². The monoisotopic (exact) mass is 264 g/mol. The zero-order valence-corrected chi connectivity index (χ0v) is 9.08. The standard InChI is InChI=1S/C6H8F3O6P/c1-13-16(12,14-2)15-4(3-10)5(11)6(7,8)9/h3-4H,1-2H3. The molecule has 6 nitrogen and oxygen atoms in total. The van der Waals surface area contributed by atoms with Crippen LogP contribution in [0.3, 0.4) is 0 Å². The minimum Gasteiger partial charge on any atom is -0.300 e. The molecule has 16 heavy (non-hydrogen) atoms. The second kappa shape index (κ2) is 5.53. The zero-order chi connectivity index (χ0) is 13.0. The molecule has 0 rings (SSSR count). The van der Waals surface area contributed by atoms with E-state index >= 15 is 0 Å². The van der Waals surface area contributed by atoms with Crippen molar-refractivity contribution in [2.75, 3.05) is 14.2 Å². The first-order valence-corrected chi connectivity index (χ1v) is 5.12. The number of phosphoric ester groups is 1. The van der Waals surface area contributed by atoms with Crippen molar-refractivity contribution in [3.05, 3.63) is 0 Å². The van der Waals surface area contributed by atoms with E-state index < -0.39 is 32.2 Å². The third-order valence-electron chi connectivity index (χ3n) is 1.35. The van der Waals surface area contributed by atoms with Crippen LogP contribution >= 0.6 is 7.82 Å². The van der Waals surface area contributed by atoms with E-state index in [4.69, 9.17) is 0 Å². The molecule has 0 N–H and O–H groups in total. The molecule has 0 aliphatic rings. The molecule has 1 atom stereocenters. The van der Waals surface area contributed by atoms with E-state index in [9.17, 15) is 27.3 Å². The Morgan fingerprint density at radius 2 is 1.75 bits per heavy atom. The molecule has 0 saturated carbocycles. The van der Waals surface area contributed by atoms with Gasteiger partial charge in [0.2, 0.25) is 0 Å². The molecule has 94 valence electrons. The lowest BCUT2D eigenvalue weighted by molar-refractivity contribution is -0.179. The summed E-state index contributed by atoms with van der Waals surface area (Å²) in [6.07, 6.45) is -8.30. The second-order valence-corrected chi connectivity index (χ2v) is 4.17. The van der Waals surface area contributed by atoms with Crippen LogP contribution in [0, 0.1) is 0 Å². The Labute approximate surface area is 88.3 Å². The van der Waals surface area contributed by atoms with Gasteiger partial charge in [-0.25, -0.2) is 4.57 Å². The number of carbonyl (C=O) groups excluding carboxylic acids is 2. The number of hydrogen-bond acceptors (Lipinski definition) is 6. The fraction of sp³-hybridized carbons (Fsp3) is 0.667. The van der Waals surface area contributed by atoms with Crippen molar-refractivity contribution in [3.8, 4) is 0 Å². The number of hydrogen-bond donors (Lipinski definition) is 0. The van der Waals surface area contributed by atoms with Crippen LogP contribution in [0.15, 0.2) is 0 Å². The highest BCUT2D eigenvalue weighted by Crippen LogP contribution is 2.49. The van der Waals surface area contributed by atoms with Crippen LogP contribution in [-0.4, -0.2) is 38.6 Å². The summed E-state index contributed by atoms with van der Waals surface area (Å²) in [4.78, 5) is 20.8. The predicted octanol–water partition coefficient (Wildman–Crippen LogP) is 1.10. The van der Waals surface area contributed by atoms with Crippen molar-refractivity contribution < 1.29 is 40.9 Å². The Balaban J connectivity index is 4.85. The van der Waals surface area contributed by atoms with E-state index in [1.54, 1.807) is 0 Å². The van der Waals surface area contributed by atoms with Crippen molar-refractivity contribution in [1.82, 2.24) is 0 Å². The normalized spacial score (nSPS) is 14.6. The van der Waals surface area contributed by atoms with Gasteiger partial charge in [0.25, 0.3) is 5.78 Å². The second-order valence-electron chi connectivity index (χ2n) is 2.34. The van der Waals surface area contributed by atoms with Crippen LogP contribution in [0.1, 0.15) is 0 Å². The summed E-state index contributed by atoms with van der Waals surface area (Å²) in [7, 11) is -2.68. The van der Waals surface area contributed by atoms with Crippen LogP contribution < -0.4 is 0 Å². The average molecular weight is 264 g/mol. The fourth-order valence-electron chi connectivity index (χ4n) is 0.596. The third kappa shape index (κ3) is 4.01. The molecule has 0 radical (unpaired) electrons. The molecule has 0 heterocycles. The van der Waals surface area contributed by atoms with Crippen LogP contribution in [0.2, 0.25) is 0 Å². The van der Waals surface area contributed by atoms with Gasteiger partial charge in [-0.3, -0.25) is 23.2 Å². The summed E-state index contributed by atoms with van der Waals surface area (Å²) in [5.41, 5.74) is 0. The van der Waals surface area contributed by atoms with Gasteiger partial charge in [0, 0.05) is 14.2 Å². The van der Waals surface area contributed by atoms with Gasteiger partial charge in [-0.2, -0.15) is 13.2 Å². The Bertz CT molecular complexity index is 306. The summed E-state index contributed by atoms with van der Waals surface area (Å²) in [5.74, 6) is -2.49. The van der Waals surface area contributed by atoms with Crippen molar-refractivity contribution >= 4 is 19.9 Å². The lowest BCUT2D eigenvalue weighted by Gasteiger charge is -2.17. The Morgan fingerprint density at radius 3 is 2.00 bits per heavy atom. The molecule has 0 aromatic rings. The van der Waals surface area contributed by atoms with E-state index in [0.717, 1.165) is 14.2 Å². The number of alkyl halides is 3. The molecule has 0 saturated heterocycles. The van der Waals surface area contributed by atoms with Crippen LogP contribution in [0.5, 0.6) is 0 Å². The summed E-state index contributed by atoms with van der Waals surface area (Å²) in [6.45, 7) is 0. The predicted molar refractivity (Wildman–Crippen MR) is 43.6 cm³/mol. The average Bonchev–Trinajstić information content (AvgIpc) is 2.23. The van der Waals surface area contributed by atoms with E-state index in [0.29, 0.717) is 0 Å². The highest BCUT2D eigenvalue weighted by molar-refractivity contribution is 7.48. The van der Waals surface area contributed by atoms with Gasteiger partial charge in [0.05, 0.1) is 0 Å². The van der Waals surface area contributed by atoms with Crippen molar-refractivity contribution in [1.29, 1.82) is 0 Å². The molecule has 0 aromatic carbocycles. The van der Waals surface area contributed by atoms with Gasteiger partial charge in [-0.1, -0.05) is 0 Å². The summed E-state index contributed by atoms with van der Waals surface area (Å²) in [5, 5.41) is 0. The van der Waals surface area contributed by atoms with Gasteiger partial charge < -0.3 is 0 Å². The molecule has 0 aromatic heterocycles.